The molecule has 3 unspecified atom stereocenters. The summed E-state index contributed by atoms with van der Waals surface area (Å²) in [5.74, 6) is -1.86. The molecule has 1 aliphatic rings. The Kier molecular flexibility index (Phi) is 7.56. The van der Waals surface area contributed by atoms with Crippen molar-refractivity contribution in [1.29, 1.82) is 0 Å². The molecule has 0 aromatic heterocycles. The van der Waals surface area contributed by atoms with Crippen LogP contribution in [0.25, 0.3) is 0 Å². The third-order valence-electron chi connectivity index (χ3n) is 6.11. The molecule has 0 aromatic carbocycles. The molecule has 1 fully saturated rings. The molecule has 0 aromatic rings. The van der Waals surface area contributed by atoms with Gasteiger partial charge in [-0.25, -0.2) is 0 Å². The van der Waals surface area contributed by atoms with Gasteiger partial charge in [-0.3, -0.25) is 9.59 Å². The van der Waals surface area contributed by atoms with E-state index in [0.717, 1.165) is 51.4 Å². The molecular formula is C19H34O4. The second-order valence-electron chi connectivity index (χ2n) is 7.37. The highest BCUT2D eigenvalue weighted by molar-refractivity contribution is 5.87. The van der Waals surface area contributed by atoms with E-state index < -0.39 is 22.8 Å². The Bertz CT molecular complexity index is 406. The summed E-state index contributed by atoms with van der Waals surface area (Å²) < 4.78 is 0. The summed E-state index contributed by atoms with van der Waals surface area (Å²) in [5.41, 5.74) is -2.21. The zero-order valence-corrected chi connectivity index (χ0v) is 15.1. The highest BCUT2D eigenvalue weighted by atomic mass is 16.4. The van der Waals surface area contributed by atoms with Gasteiger partial charge >= 0.3 is 11.9 Å². The van der Waals surface area contributed by atoms with Gasteiger partial charge in [-0.05, 0) is 31.6 Å². The van der Waals surface area contributed by atoms with Crippen molar-refractivity contribution in [3.63, 3.8) is 0 Å². The minimum atomic E-state index is -1.11. The van der Waals surface area contributed by atoms with Crippen LogP contribution >= 0.6 is 0 Å². The predicted molar refractivity (Wildman–Crippen MR) is 91.4 cm³/mol. The van der Waals surface area contributed by atoms with E-state index in [-0.39, 0.29) is 5.92 Å². The molecule has 0 spiro atoms. The Hall–Kier alpha value is -1.06. The lowest BCUT2D eigenvalue weighted by atomic mass is 9.48. The minimum Gasteiger partial charge on any atom is -0.481 e. The Labute approximate surface area is 140 Å². The maximum absolute atomic E-state index is 12.4. The maximum atomic E-state index is 12.4. The normalized spacial score (nSPS) is 31.0. The summed E-state index contributed by atoms with van der Waals surface area (Å²) in [6, 6.07) is 0. The lowest BCUT2D eigenvalue weighted by Gasteiger charge is -2.52. The van der Waals surface area contributed by atoms with Crippen LogP contribution in [0.4, 0.5) is 0 Å². The van der Waals surface area contributed by atoms with E-state index >= 15 is 0 Å². The number of carboxylic acid groups (broad SMARTS) is 2. The first kappa shape index (κ1) is 20.0. The average Bonchev–Trinajstić information content (AvgIpc) is 2.49. The van der Waals surface area contributed by atoms with E-state index in [9.17, 15) is 19.8 Å². The van der Waals surface area contributed by atoms with E-state index in [2.05, 4.69) is 13.8 Å². The number of carbonyl (C=O) groups is 2. The van der Waals surface area contributed by atoms with Crippen molar-refractivity contribution >= 4 is 11.9 Å². The first-order valence-corrected chi connectivity index (χ1v) is 9.35. The lowest BCUT2D eigenvalue weighted by molar-refractivity contribution is -0.189. The van der Waals surface area contributed by atoms with Crippen molar-refractivity contribution in [2.45, 2.75) is 91.4 Å². The standard InChI is InChI=1S/C19H34O4/c1-4-6-8-12-18(16(20)21)13-10-11-15(3)19(18,17(22)23)14-9-7-5-2/h15H,4-14H2,1-3H3,(H,20,21)(H,22,23). The van der Waals surface area contributed by atoms with Crippen LogP contribution in [0.1, 0.15) is 91.4 Å². The van der Waals surface area contributed by atoms with E-state index in [0.29, 0.717) is 19.3 Å². The Morgan fingerprint density at radius 1 is 0.957 bits per heavy atom. The van der Waals surface area contributed by atoms with Gasteiger partial charge in [0.1, 0.15) is 0 Å². The summed E-state index contributed by atoms with van der Waals surface area (Å²) in [4.78, 5) is 24.7. The number of hydrogen-bond donors (Lipinski definition) is 2. The molecular weight excluding hydrogens is 292 g/mol. The van der Waals surface area contributed by atoms with Crippen molar-refractivity contribution in [3.8, 4) is 0 Å². The van der Waals surface area contributed by atoms with Crippen LogP contribution in [0, 0.1) is 16.7 Å². The molecule has 2 N–H and O–H groups in total. The molecule has 0 saturated heterocycles. The molecule has 4 nitrogen and oxygen atoms in total. The Morgan fingerprint density at radius 2 is 1.52 bits per heavy atom. The number of unbranched alkanes of at least 4 members (excludes halogenated alkanes) is 4. The monoisotopic (exact) mass is 326 g/mol. The van der Waals surface area contributed by atoms with Gasteiger partial charge in [0.25, 0.3) is 0 Å². The van der Waals surface area contributed by atoms with Crippen LogP contribution in [0.5, 0.6) is 0 Å². The van der Waals surface area contributed by atoms with Crippen LogP contribution in [0.2, 0.25) is 0 Å². The van der Waals surface area contributed by atoms with Crippen molar-refractivity contribution in [1.82, 2.24) is 0 Å². The van der Waals surface area contributed by atoms with Gasteiger partial charge < -0.3 is 10.2 Å². The summed E-state index contributed by atoms with van der Waals surface area (Å²) in [6.45, 7) is 6.13. The Morgan fingerprint density at radius 3 is 2.00 bits per heavy atom. The van der Waals surface area contributed by atoms with Gasteiger partial charge in [0.2, 0.25) is 0 Å². The fourth-order valence-corrected chi connectivity index (χ4v) is 4.74. The molecule has 23 heavy (non-hydrogen) atoms. The second-order valence-corrected chi connectivity index (χ2v) is 7.37. The predicted octanol–water partition coefficient (Wildman–Crippen LogP) is 5.11. The molecule has 1 aliphatic carbocycles. The van der Waals surface area contributed by atoms with Crippen molar-refractivity contribution in [2.24, 2.45) is 16.7 Å². The molecule has 1 rings (SSSR count). The van der Waals surface area contributed by atoms with E-state index in [4.69, 9.17) is 0 Å². The van der Waals surface area contributed by atoms with Crippen LogP contribution in [0.3, 0.4) is 0 Å². The topological polar surface area (TPSA) is 74.6 Å². The molecule has 4 heteroatoms. The molecule has 0 bridgehead atoms. The van der Waals surface area contributed by atoms with Crippen molar-refractivity contribution in [3.05, 3.63) is 0 Å². The third kappa shape index (κ3) is 3.72. The zero-order chi connectivity index (χ0) is 17.5. The van der Waals surface area contributed by atoms with Crippen LogP contribution in [-0.4, -0.2) is 22.2 Å². The van der Waals surface area contributed by atoms with Crippen LogP contribution < -0.4 is 0 Å². The summed E-state index contributed by atoms with van der Waals surface area (Å²) >= 11 is 0. The quantitative estimate of drug-likeness (QED) is 0.547. The lowest BCUT2D eigenvalue weighted by Crippen LogP contribution is -2.58. The SMILES string of the molecule is CCCCCC1(C(=O)O)CCCC(C)C1(CCCCC)C(=O)O. The van der Waals surface area contributed by atoms with Crippen molar-refractivity contribution < 1.29 is 19.8 Å². The fourth-order valence-electron chi connectivity index (χ4n) is 4.74. The number of hydrogen-bond acceptors (Lipinski definition) is 2. The molecule has 1 saturated carbocycles. The van der Waals surface area contributed by atoms with Crippen LogP contribution in [-0.2, 0) is 9.59 Å². The van der Waals surface area contributed by atoms with Gasteiger partial charge in [0.15, 0.2) is 0 Å². The highest BCUT2D eigenvalue weighted by Gasteiger charge is 2.64. The third-order valence-corrected chi connectivity index (χ3v) is 6.11. The molecule has 0 heterocycles. The first-order valence-electron chi connectivity index (χ1n) is 9.35. The van der Waals surface area contributed by atoms with Crippen LogP contribution in [0.15, 0.2) is 0 Å². The van der Waals surface area contributed by atoms with Gasteiger partial charge in [-0.1, -0.05) is 65.7 Å². The molecule has 3 atom stereocenters. The van der Waals surface area contributed by atoms with E-state index in [1.54, 1.807) is 0 Å². The Balaban J connectivity index is 3.26. The minimum absolute atomic E-state index is 0.0802. The fraction of sp³-hybridized carbons (Fsp3) is 0.895. The maximum Gasteiger partial charge on any atom is 0.311 e. The summed E-state index contributed by atoms with van der Waals surface area (Å²) in [7, 11) is 0. The molecule has 0 radical (unpaired) electrons. The zero-order valence-electron chi connectivity index (χ0n) is 15.1. The second kappa shape index (κ2) is 8.70. The number of aliphatic carboxylic acids is 2. The highest BCUT2D eigenvalue weighted by Crippen LogP contribution is 2.59. The summed E-state index contributed by atoms with van der Waals surface area (Å²) in [6.07, 6.45) is 8.71. The first-order chi connectivity index (χ1) is 10.9. The molecule has 0 aliphatic heterocycles. The van der Waals surface area contributed by atoms with Gasteiger partial charge in [0.05, 0.1) is 10.8 Å². The largest absolute Gasteiger partial charge is 0.481 e. The van der Waals surface area contributed by atoms with E-state index in [1.165, 1.54) is 0 Å². The number of carboxylic acids is 2. The summed E-state index contributed by atoms with van der Waals surface area (Å²) in [5, 5.41) is 20.2. The average molecular weight is 326 g/mol. The smallest absolute Gasteiger partial charge is 0.311 e. The van der Waals surface area contributed by atoms with Crippen molar-refractivity contribution in [2.75, 3.05) is 0 Å². The van der Waals surface area contributed by atoms with E-state index in [1.807, 2.05) is 6.92 Å². The van der Waals surface area contributed by atoms with Gasteiger partial charge in [-0.2, -0.15) is 0 Å². The number of rotatable bonds is 10. The van der Waals surface area contributed by atoms with Gasteiger partial charge in [0, 0.05) is 0 Å². The van der Waals surface area contributed by atoms with Gasteiger partial charge in [-0.15, -0.1) is 0 Å². The molecule has 0 amide bonds. The molecule has 134 valence electrons.